The molecule has 0 fully saturated rings. The van der Waals surface area contributed by atoms with Gasteiger partial charge in [-0.2, -0.15) is 0 Å². The maximum atomic E-state index is 10.6. The van der Waals surface area contributed by atoms with Crippen LogP contribution >= 0.6 is 0 Å². The third-order valence-electron chi connectivity index (χ3n) is 1.72. The van der Waals surface area contributed by atoms with Crippen molar-refractivity contribution in [1.29, 1.82) is 0 Å². The molecule has 3 nitrogen and oxygen atoms in total. The molecule has 0 aliphatic heterocycles. The highest BCUT2D eigenvalue weighted by Crippen LogP contribution is 2.16. The monoisotopic (exact) mass is 228 g/mol. The molecule has 0 aliphatic rings. The van der Waals surface area contributed by atoms with Crippen molar-refractivity contribution in [3.63, 3.8) is 0 Å². The summed E-state index contributed by atoms with van der Waals surface area (Å²) >= 11 is -2.11. The number of hydrogen-bond donors (Lipinski definition) is 1. The van der Waals surface area contributed by atoms with Crippen molar-refractivity contribution in [3.8, 4) is 0 Å². The summed E-state index contributed by atoms with van der Waals surface area (Å²) in [5.74, 6) is 0.369. The van der Waals surface area contributed by atoms with Crippen molar-refractivity contribution < 1.29 is 8.76 Å². The first-order valence-corrected chi connectivity index (χ1v) is 5.88. The molecule has 4 heteroatoms. The standard InChI is InChI=1S/C9H12O2S.C2H7N/c1-7(2)8-4-3-5-9(6-8)12(10)11;1-3-2/h3-7H,1-2H3,(H,10,11);3H,1-2H3/p-1. The molecule has 0 radical (unpaired) electrons. The number of benzene rings is 1. The SMILES string of the molecule is CC(C)c1cccc(S(=O)[O-])c1.CNC. The Morgan fingerprint density at radius 1 is 1.33 bits per heavy atom. The van der Waals surface area contributed by atoms with Gasteiger partial charge < -0.3 is 9.87 Å². The normalized spacial score (nSPS) is 11.9. The summed E-state index contributed by atoms with van der Waals surface area (Å²) in [6.45, 7) is 4.07. The second-order valence-electron chi connectivity index (χ2n) is 3.46. The third-order valence-corrected chi connectivity index (χ3v) is 2.36. The molecule has 1 N–H and O–H groups in total. The van der Waals surface area contributed by atoms with Crippen LogP contribution in [0, 0.1) is 0 Å². The molecule has 1 aromatic carbocycles. The van der Waals surface area contributed by atoms with Crippen molar-refractivity contribution in [1.82, 2.24) is 5.32 Å². The fraction of sp³-hybridized carbons (Fsp3) is 0.455. The molecule has 86 valence electrons. The summed E-state index contributed by atoms with van der Waals surface area (Å²) in [7, 11) is 3.75. The van der Waals surface area contributed by atoms with E-state index in [9.17, 15) is 8.76 Å². The van der Waals surface area contributed by atoms with Gasteiger partial charge in [-0.05, 0) is 48.8 Å². The van der Waals surface area contributed by atoms with Crippen LogP contribution in [0.2, 0.25) is 0 Å². The molecule has 0 bridgehead atoms. The van der Waals surface area contributed by atoms with E-state index in [2.05, 4.69) is 5.32 Å². The smallest absolute Gasteiger partial charge is 0.0251 e. The van der Waals surface area contributed by atoms with Crippen molar-refractivity contribution in [2.45, 2.75) is 24.7 Å². The van der Waals surface area contributed by atoms with E-state index in [1.54, 1.807) is 18.2 Å². The molecule has 1 atom stereocenters. The fourth-order valence-electron chi connectivity index (χ4n) is 0.977. The molecule has 0 spiro atoms. The predicted molar refractivity (Wildman–Crippen MR) is 62.7 cm³/mol. The van der Waals surface area contributed by atoms with Crippen LogP contribution in [0.1, 0.15) is 25.3 Å². The van der Waals surface area contributed by atoms with Crippen LogP contribution in [-0.2, 0) is 11.1 Å². The lowest BCUT2D eigenvalue weighted by atomic mass is 10.0. The average molecular weight is 228 g/mol. The maximum absolute atomic E-state index is 10.6. The Hall–Kier alpha value is -0.710. The average Bonchev–Trinajstić information content (AvgIpc) is 2.19. The molecule has 0 aliphatic carbocycles. The van der Waals surface area contributed by atoms with Gasteiger partial charge in [-0.15, -0.1) is 0 Å². The minimum Gasteiger partial charge on any atom is -0.768 e. The number of hydrogen-bond acceptors (Lipinski definition) is 3. The van der Waals surface area contributed by atoms with Gasteiger partial charge in [0.1, 0.15) is 0 Å². The first-order valence-electron chi connectivity index (χ1n) is 4.80. The molecule has 1 unspecified atom stereocenters. The van der Waals surface area contributed by atoms with E-state index in [1.807, 2.05) is 34.0 Å². The summed E-state index contributed by atoms with van der Waals surface area (Å²) in [6.07, 6.45) is 0. The zero-order valence-corrected chi connectivity index (χ0v) is 10.4. The van der Waals surface area contributed by atoms with Gasteiger partial charge in [0.25, 0.3) is 0 Å². The molecule has 1 aromatic rings. The predicted octanol–water partition coefficient (Wildman–Crippen LogP) is 1.88. The van der Waals surface area contributed by atoms with E-state index in [0.29, 0.717) is 10.8 Å². The van der Waals surface area contributed by atoms with Gasteiger partial charge in [0.05, 0.1) is 0 Å². The first-order chi connectivity index (χ1) is 7.02. The Morgan fingerprint density at radius 3 is 2.27 bits per heavy atom. The zero-order valence-electron chi connectivity index (χ0n) is 9.61. The lowest BCUT2D eigenvalue weighted by Gasteiger charge is -2.09. The Kier molecular flexibility index (Phi) is 7.21. The molecule has 15 heavy (non-hydrogen) atoms. The van der Waals surface area contributed by atoms with Crippen LogP contribution in [0.4, 0.5) is 0 Å². The summed E-state index contributed by atoms with van der Waals surface area (Å²) in [5.41, 5.74) is 1.05. The van der Waals surface area contributed by atoms with Crippen molar-refractivity contribution >= 4 is 11.1 Å². The molecular weight excluding hydrogens is 210 g/mol. The summed E-state index contributed by atoms with van der Waals surface area (Å²) in [6, 6.07) is 6.99. The van der Waals surface area contributed by atoms with Gasteiger partial charge in [0.2, 0.25) is 0 Å². The molecule has 1 rings (SSSR count). The van der Waals surface area contributed by atoms with E-state index in [-0.39, 0.29) is 0 Å². The van der Waals surface area contributed by atoms with E-state index in [0.717, 1.165) is 5.56 Å². The summed E-state index contributed by atoms with van der Waals surface area (Å²) < 4.78 is 21.2. The van der Waals surface area contributed by atoms with Crippen molar-refractivity contribution in [2.24, 2.45) is 0 Å². The highest BCUT2D eigenvalue weighted by molar-refractivity contribution is 7.79. The van der Waals surface area contributed by atoms with Crippen LogP contribution in [0.5, 0.6) is 0 Å². The Labute approximate surface area is 94.2 Å². The molecule has 0 aromatic heterocycles. The zero-order chi connectivity index (χ0) is 11.8. The van der Waals surface area contributed by atoms with E-state index in [1.165, 1.54) is 0 Å². The largest absolute Gasteiger partial charge is 0.768 e. The van der Waals surface area contributed by atoms with Crippen molar-refractivity contribution in [2.75, 3.05) is 14.1 Å². The van der Waals surface area contributed by atoms with Gasteiger partial charge >= 0.3 is 0 Å². The van der Waals surface area contributed by atoms with Gasteiger partial charge in [-0.25, -0.2) is 0 Å². The van der Waals surface area contributed by atoms with Gasteiger partial charge in [0.15, 0.2) is 0 Å². The van der Waals surface area contributed by atoms with E-state index in [4.69, 9.17) is 0 Å². The van der Waals surface area contributed by atoms with E-state index >= 15 is 0 Å². The highest BCUT2D eigenvalue weighted by atomic mass is 32.2. The van der Waals surface area contributed by atoms with Crippen molar-refractivity contribution in [3.05, 3.63) is 29.8 Å². The van der Waals surface area contributed by atoms with Crippen LogP contribution in [0.15, 0.2) is 29.2 Å². The Bertz CT molecular complexity index is 313. The van der Waals surface area contributed by atoms with Gasteiger partial charge in [-0.3, -0.25) is 4.21 Å². The van der Waals surface area contributed by atoms with Crippen LogP contribution < -0.4 is 5.32 Å². The Morgan fingerprint density at radius 2 is 1.87 bits per heavy atom. The lowest BCUT2D eigenvalue weighted by molar-refractivity contribution is 0.537. The van der Waals surface area contributed by atoms with Gasteiger partial charge in [-0.1, -0.05) is 26.0 Å². The fourth-order valence-corrected chi connectivity index (χ4v) is 1.40. The minimum atomic E-state index is -2.11. The van der Waals surface area contributed by atoms with Gasteiger partial charge in [0, 0.05) is 4.90 Å². The number of rotatable bonds is 2. The maximum Gasteiger partial charge on any atom is 0.0251 e. The second kappa shape index (κ2) is 7.56. The minimum absolute atomic E-state index is 0.362. The Balaban J connectivity index is 0.000000583. The molecule has 0 amide bonds. The van der Waals surface area contributed by atoms with Crippen LogP contribution in [0.25, 0.3) is 0 Å². The quantitative estimate of drug-likeness (QED) is 0.786. The second-order valence-corrected chi connectivity index (χ2v) is 4.40. The summed E-state index contributed by atoms with van der Waals surface area (Å²) in [4.78, 5) is 0.362. The lowest BCUT2D eigenvalue weighted by Crippen LogP contribution is -1.92. The van der Waals surface area contributed by atoms with Crippen LogP contribution in [0.3, 0.4) is 0 Å². The summed E-state index contributed by atoms with van der Waals surface area (Å²) in [5, 5.41) is 2.75. The topological polar surface area (TPSA) is 52.2 Å². The van der Waals surface area contributed by atoms with Crippen LogP contribution in [-0.4, -0.2) is 22.9 Å². The number of nitrogens with one attached hydrogen (secondary N) is 1. The third kappa shape index (κ3) is 5.67. The van der Waals surface area contributed by atoms with E-state index < -0.39 is 11.1 Å². The first kappa shape index (κ1) is 14.3. The molecule has 0 saturated carbocycles. The molecule has 0 saturated heterocycles. The highest BCUT2D eigenvalue weighted by Gasteiger charge is 1.99. The molecular formula is C11H18NO2S-. The molecule has 0 heterocycles.